The Balaban J connectivity index is 1.67. The summed E-state index contributed by atoms with van der Waals surface area (Å²) in [5, 5.41) is 13.5. The van der Waals surface area contributed by atoms with Gasteiger partial charge in [-0.15, -0.1) is 11.3 Å². The van der Waals surface area contributed by atoms with Crippen molar-refractivity contribution in [3.63, 3.8) is 0 Å². The second-order valence-corrected chi connectivity index (χ2v) is 8.91. The largest absolute Gasteiger partial charge is 0.507 e. The Kier molecular flexibility index (Phi) is 5.06. The number of thiazole rings is 1. The normalized spacial score (nSPS) is 21.6. The number of carbonyl (C=O) groups excluding carboxylic acids is 2. The van der Waals surface area contributed by atoms with Crippen molar-refractivity contribution < 1.29 is 19.4 Å². The number of aliphatic hydroxyl groups is 1. The molecule has 7 heteroatoms. The second-order valence-electron chi connectivity index (χ2n) is 8.03. The lowest BCUT2D eigenvalue weighted by Crippen LogP contribution is -2.29. The van der Waals surface area contributed by atoms with Crippen molar-refractivity contribution in [1.29, 1.82) is 0 Å². The topological polar surface area (TPSA) is 79.7 Å². The third kappa shape index (κ3) is 3.29. The number of rotatable bonds is 4. The number of aryl methyl sites for hydroxylation is 1. The van der Waals surface area contributed by atoms with Gasteiger partial charge in [-0.05, 0) is 48.2 Å². The Morgan fingerprint density at radius 3 is 2.69 bits per heavy atom. The fourth-order valence-electron chi connectivity index (χ4n) is 4.34. The summed E-state index contributed by atoms with van der Waals surface area (Å²) >= 11 is 1.28. The highest BCUT2D eigenvalue weighted by atomic mass is 32.1. The molecule has 32 heavy (non-hydrogen) atoms. The van der Waals surface area contributed by atoms with Crippen LogP contribution in [-0.4, -0.2) is 27.9 Å². The number of carbonyl (C=O) groups is 2. The van der Waals surface area contributed by atoms with Crippen LogP contribution in [0.2, 0.25) is 0 Å². The fraction of sp³-hybridized carbons (Fsp3) is 0.240. The minimum Gasteiger partial charge on any atom is -0.507 e. The zero-order chi connectivity index (χ0) is 22.4. The highest BCUT2D eigenvalue weighted by Gasteiger charge is 2.48. The molecule has 2 aliphatic heterocycles. The summed E-state index contributed by atoms with van der Waals surface area (Å²) in [6.45, 7) is 4.05. The number of benzene rings is 2. The Morgan fingerprint density at radius 2 is 2.00 bits per heavy atom. The van der Waals surface area contributed by atoms with Gasteiger partial charge in [0.25, 0.3) is 5.78 Å². The van der Waals surface area contributed by atoms with E-state index in [4.69, 9.17) is 4.74 Å². The van der Waals surface area contributed by atoms with Crippen molar-refractivity contribution in [3.05, 3.63) is 81.9 Å². The van der Waals surface area contributed by atoms with E-state index < -0.39 is 17.7 Å². The number of ketones is 1. The van der Waals surface area contributed by atoms with Gasteiger partial charge in [0, 0.05) is 23.6 Å². The molecule has 2 aromatic carbocycles. The SMILES string of the molecule is CCc1ccc([C@@H]2C(=C(O)c3ccc4c(c3)C[C@H](C)O4)C(=O)C(=O)N2c2nccs2)cc1. The maximum Gasteiger partial charge on any atom is 0.301 e. The molecule has 1 saturated heterocycles. The predicted octanol–water partition coefficient (Wildman–Crippen LogP) is 4.66. The first kappa shape index (κ1) is 20.5. The predicted molar refractivity (Wildman–Crippen MR) is 123 cm³/mol. The lowest BCUT2D eigenvalue weighted by Gasteiger charge is -2.23. The van der Waals surface area contributed by atoms with Gasteiger partial charge in [-0.25, -0.2) is 4.98 Å². The van der Waals surface area contributed by atoms with Crippen LogP contribution in [0.3, 0.4) is 0 Å². The summed E-state index contributed by atoms with van der Waals surface area (Å²) in [4.78, 5) is 31.9. The quantitative estimate of drug-likeness (QED) is 0.358. The van der Waals surface area contributed by atoms with Gasteiger partial charge in [0.1, 0.15) is 17.6 Å². The van der Waals surface area contributed by atoms with E-state index in [2.05, 4.69) is 11.9 Å². The summed E-state index contributed by atoms with van der Waals surface area (Å²) in [5.41, 5.74) is 3.43. The summed E-state index contributed by atoms with van der Waals surface area (Å²) in [6, 6.07) is 12.4. The maximum absolute atomic E-state index is 13.2. The van der Waals surface area contributed by atoms with E-state index in [1.807, 2.05) is 37.3 Å². The van der Waals surface area contributed by atoms with Crippen LogP contribution in [0.15, 0.2) is 59.6 Å². The zero-order valence-electron chi connectivity index (χ0n) is 17.7. The minimum atomic E-state index is -0.754. The number of anilines is 1. The molecule has 5 rings (SSSR count). The van der Waals surface area contributed by atoms with E-state index in [0.717, 1.165) is 35.3 Å². The fourth-order valence-corrected chi connectivity index (χ4v) is 5.01. The number of aliphatic hydroxyl groups excluding tert-OH is 1. The molecule has 1 amide bonds. The molecule has 1 fully saturated rings. The van der Waals surface area contributed by atoms with Crippen LogP contribution in [0.25, 0.3) is 5.76 Å². The average molecular weight is 447 g/mol. The Labute approximate surface area is 189 Å². The summed E-state index contributed by atoms with van der Waals surface area (Å²) in [6.07, 6.45) is 3.27. The highest BCUT2D eigenvalue weighted by molar-refractivity contribution is 7.14. The molecule has 2 aliphatic rings. The molecule has 0 unspecified atom stereocenters. The first-order valence-electron chi connectivity index (χ1n) is 10.6. The number of Topliss-reactive ketones (excluding diaryl/α,β-unsaturated/α-hetero) is 1. The number of hydrogen-bond donors (Lipinski definition) is 1. The van der Waals surface area contributed by atoms with Crippen molar-refractivity contribution in [2.75, 3.05) is 4.90 Å². The van der Waals surface area contributed by atoms with Crippen LogP contribution in [0.4, 0.5) is 5.13 Å². The van der Waals surface area contributed by atoms with Crippen molar-refractivity contribution >= 4 is 33.9 Å². The minimum absolute atomic E-state index is 0.0648. The second kappa shape index (κ2) is 7.91. The molecule has 0 aliphatic carbocycles. The molecular weight excluding hydrogens is 424 g/mol. The maximum atomic E-state index is 13.2. The van der Waals surface area contributed by atoms with Crippen LogP contribution >= 0.6 is 11.3 Å². The van der Waals surface area contributed by atoms with Crippen molar-refractivity contribution in [2.45, 2.75) is 38.8 Å². The van der Waals surface area contributed by atoms with Gasteiger partial charge in [0.15, 0.2) is 5.13 Å². The smallest absolute Gasteiger partial charge is 0.301 e. The Bertz CT molecular complexity index is 1230. The van der Waals surface area contributed by atoms with Crippen LogP contribution in [0.5, 0.6) is 5.75 Å². The van der Waals surface area contributed by atoms with Gasteiger partial charge in [-0.3, -0.25) is 14.5 Å². The summed E-state index contributed by atoms with van der Waals surface area (Å²) in [5.74, 6) is -0.810. The summed E-state index contributed by atoms with van der Waals surface area (Å²) in [7, 11) is 0. The van der Waals surface area contributed by atoms with E-state index in [9.17, 15) is 14.7 Å². The van der Waals surface area contributed by atoms with Crippen molar-refractivity contribution in [2.24, 2.45) is 0 Å². The van der Waals surface area contributed by atoms with E-state index in [1.54, 1.807) is 23.7 Å². The molecule has 0 bridgehead atoms. The lowest BCUT2D eigenvalue weighted by molar-refractivity contribution is -0.132. The number of ether oxygens (including phenoxy) is 1. The standard InChI is InChI=1S/C25H22N2O4S/c1-3-15-4-6-16(7-5-15)21-20(23(29)24(30)27(21)25-26-10-11-32-25)22(28)17-8-9-19-18(13-17)12-14(2)31-19/h4-11,13-14,21,28H,3,12H2,1-2H3/t14-,21+/m0/s1. The lowest BCUT2D eigenvalue weighted by atomic mass is 9.94. The number of hydrogen-bond acceptors (Lipinski definition) is 6. The first-order valence-corrected chi connectivity index (χ1v) is 11.4. The third-order valence-electron chi connectivity index (χ3n) is 5.94. The monoisotopic (exact) mass is 446 g/mol. The average Bonchev–Trinajstić information content (AvgIpc) is 3.51. The molecule has 0 saturated carbocycles. The third-order valence-corrected chi connectivity index (χ3v) is 6.71. The van der Waals surface area contributed by atoms with Gasteiger partial charge in [0.05, 0.1) is 11.6 Å². The first-order chi connectivity index (χ1) is 15.5. The van der Waals surface area contributed by atoms with Crippen molar-refractivity contribution in [3.8, 4) is 5.75 Å². The number of nitrogens with zero attached hydrogens (tertiary/aromatic N) is 2. The molecule has 162 valence electrons. The van der Waals surface area contributed by atoms with Gasteiger partial charge in [-0.1, -0.05) is 31.2 Å². The van der Waals surface area contributed by atoms with E-state index in [1.165, 1.54) is 16.2 Å². The summed E-state index contributed by atoms with van der Waals surface area (Å²) < 4.78 is 5.75. The van der Waals surface area contributed by atoms with Crippen molar-refractivity contribution in [1.82, 2.24) is 4.98 Å². The Hall–Kier alpha value is -3.45. The molecule has 1 aromatic heterocycles. The number of amides is 1. The van der Waals surface area contributed by atoms with E-state index in [-0.39, 0.29) is 17.4 Å². The van der Waals surface area contributed by atoms with Gasteiger partial charge in [0.2, 0.25) is 0 Å². The van der Waals surface area contributed by atoms with Crippen LogP contribution in [0.1, 0.15) is 42.1 Å². The van der Waals surface area contributed by atoms with Crippen LogP contribution in [-0.2, 0) is 22.4 Å². The molecule has 0 radical (unpaired) electrons. The Morgan fingerprint density at radius 1 is 1.22 bits per heavy atom. The zero-order valence-corrected chi connectivity index (χ0v) is 18.6. The molecule has 2 atom stereocenters. The van der Waals surface area contributed by atoms with Gasteiger partial charge >= 0.3 is 5.91 Å². The highest BCUT2D eigenvalue weighted by Crippen LogP contribution is 2.43. The molecule has 3 aromatic rings. The molecule has 3 heterocycles. The van der Waals surface area contributed by atoms with Crippen LogP contribution < -0.4 is 9.64 Å². The molecule has 0 spiro atoms. The van der Waals surface area contributed by atoms with E-state index in [0.29, 0.717) is 10.7 Å². The molecule has 6 nitrogen and oxygen atoms in total. The number of fused-ring (bicyclic) bond motifs is 1. The molecule has 1 N–H and O–H groups in total. The van der Waals surface area contributed by atoms with Gasteiger partial charge in [-0.2, -0.15) is 0 Å². The van der Waals surface area contributed by atoms with E-state index >= 15 is 0 Å². The van der Waals surface area contributed by atoms with Crippen LogP contribution in [0, 0.1) is 0 Å². The molecular formula is C25H22N2O4S. The number of aromatic nitrogens is 1. The van der Waals surface area contributed by atoms with Gasteiger partial charge < -0.3 is 9.84 Å².